The summed E-state index contributed by atoms with van der Waals surface area (Å²) >= 11 is 1.37. The Morgan fingerprint density at radius 1 is 1.14 bits per heavy atom. The Hall–Kier alpha value is -1.95. The molecule has 1 N–H and O–H groups in total. The second-order valence-corrected chi connectivity index (χ2v) is 8.46. The highest BCUT2D eigenvalue weighted by Crippen LogP contribution is 2.22. The van der Waals surface area contributed by atoms with Crippen LogP contribution >= 0.6 is 11.3 Å². The van der Waals surface area contributed by atoms with Crippen LogP contribution in [-0.4, -0.2) is 78.4 Å². The molecule has 1 atom stereocenters. The van der Waals surface area contributed by atoms with Gasteiger partial charge in [0.15, 0.2) is 0 Å². The number of carbonyl (C=O) groups is 2. The number of nitriles is 1. The summed E-state index contributed by atoms with van der Waals surface area (Å²) in [5, 5.41) is 14.4. The summed E-state index contributed by atoms with van der Waals surface area (Å²) in [5.41, 5.74) is 0.502. The number of likely N-dealkylation sites (tertiary alicyclic amines) is 1. The number of piperazine rings is 1. The van der Waals surface area contributed by atoms with Crippen molar-refractivity contribution in [2.75, 3.05) is 51.1 Å². The Kier molecular flexibility index (Phi) is 7.43. The van der Waals surface area contributed by atoms with Gasteiger partial charge in [-0.3, -0.25) is 19.4 Å². The number of nitrogens with one attached hydrogen (secondary N) is 1. The van der Waals surface area contributed by atoms with Gasteiger partial charge in [0.25, 0.3) is 0 Å². The number of rotatable bonds is 5. The monoisotopic (exact) mass is 403 g/mol. The Balaban J connectivity index is 1.44. The van der Waals surface area contributed by atoms with Crippen LogP contribution < -0.4 is 5.32 Å². The summed E-state index contributed by atoms with van der Waals surface area (Å²) in [5.74, 6) is 0.149. The number of anilines is 1. The molecule has 2 aliphatic rings. The van der Waals surface area contributed by atoms with Gasteiger partial charge in [-0.15, -0.1) is 11.3 Å². The first-order valence-electron chi connectivity index (χ1n) is 10.1. The van der Waals surface area contributed by atoms with Gasteiger partial charge in [0.2, 0.25) is 11.8 Å². The van der Waals surface area contributed by atoms with Gasteiger partial charge < -0.3 is 10.2 Å². The predicted molar refractivity (Wildman–Crippen MR) is 110 cm³/mol. The molecule has 1 aromatic rings. The molecule has 7 nitrogen and oxygen atoms in total. The maximum atomic E-state index is 12.6. The molecule has 0 aliphatic carbocycles. The van der Waals surface area contributed by atoms with Crippen molar-refractivity contribution in [2.24, 2.45) is 0 Å². The zero-order valence-electron chi connectivity index (χ0n) is 16.5. The van der Waals surface area contributed by atoms with Crippen LogP contribution in [0.25, 0.3) is 0 Å². The molecule has 2 aliphatic heterocycles. The van der Waals surface area contributed by atoms with E-state index in [0.29, 0.717) is 17.1 Å². The van der Waals surface area contributed by atoms with E-state index in [2.05, 4.69) is 21.2 Å². The molecule has 2 fully saturated rings. The molecule has 8 heteroatoms. The van der Waals surface area contributed by atoms with Crippen molar-refractivity contribution >= 4 is 28.2 Å². The molecule has 28 heavy (non-hydrogen) atoms. The lowest BCUT2D eigenvalue weighted by Gasteiger charge is -2.37. The van der Waals surface area contributed by atoms with Crippen molar-refractivity contribution in [3.8, 4) is 6.07 Å². The quantitative estimate of drug-likeness (QED) is 0.813. The molecular weight excluding hydrogens is 374 g/mol. The minimum Gasteiger partial charge on any atom is -0.342 e. The SMILES string of the molecule is CC(C(=O)Nc1sccc1C#N)N1CCN(CC(=O)N2CCCCCC2)CC1. The normalized spacial score (nSPS) is 20.2. The van der Waals surface area contributed by atoms with Gasteiger partial charge in [0, 0.05) is 39.3 Å². The highest BCUT2D eigenvalue weighted by Gasteiger charge is 2.28. The Morgan fingerprint density at radius 2 is 1.82 bits per heavy atom. The molecule has 3 heterocycles. The molecular formula is C20H29N5O2S. The fourth-order valence-electron chi connectivity index (χ4n) is 3.80. The highest BCUT2D eigenvalue weighted by molar-refractivity contribution is 7.14. The van der Waals surface area contributed by atoms with Gasteiger partial charge in [0.05, 0.1) is 18.2 Å². The lowest BCUT2D eigenvalue weighted by Crippen LogP contribution is -2.54. The molecule has 0 saturated carbocycles. The van der Waals surface area contributed by atoms with E-state index in [1.807, 2.05) is 11.8 Å². The topological polar surface area (TPSA) is 79.7 Å². The second-order valence-electron chi connectivity index (χ2n) is 7.55. The van der Waals surface area contributed by atoms with E-state index in [0.717, 1.165) is 52.1 Å². The van der Waals surface area contributed by atoms with Gasteiger partial charge in [0.1, 0.15) is 11.1 Å². The molecule has 152 valence electrons. The van der Waals surface area contributed by atoms with Crippen LogP contribution in [0.3, 0.4) is 0 Å². The van der Waals surface area contributed by atoms with Crippen LogP contribution in [0.15, 0.2) is 11.4 Å². The fraction of sp³-hybridized carbons (Fsp3) is 0.650. The number of hydrogen-bond donors (Lipinski definition) is 1. The number of amides is 2. The number of nitrogens with zero attached hydrogens (tertiary/aromatic N) is 4. The Bertz CT molecular complexity index is 712. The van der Waals surface area contributed by atoms with E-state index < -0.39 is 0 Å². The standard InChI is InChI=1S/C20H29N5O2S/c1-16(19(27)22-20-17(14-21)6-13-28-20)24-11-9-23(10-12-24)15-18(26)25-7-4-2-3-5-8-25/h6,13,16H,2-5,7-12,15H2,1H3,(H,22,27). The van der Waals surface area contributed by atoms with E-state index in [1.165, 1.54) is 24.2 Å². The minimum absolute atomic E-state index is 0.0898. The van der Waals surface area contributed by atoms with Crippen LogP contribution in [-0.2, 0) is 9.59 Å². The van der Waals surface area contributed by atoms with E-state index in [1.54, 1.807) is 11.4 Å². The van der Waals surface area contributed by atoms with Crippen molar-refractivity contribution in [3.63, 3.8) is 0 Å². The maximum Gasteiger partial charge on any atom is 0.242 e. The summed E-state index contributed by atoms with van der Waals surface area (Å²) in [4.78, 5) is 31.5. The van der Waals surface area contributed by atoms with Crippen molar-refractivity contribution < 1.29 is 9.59 Å². The van der Waals surface area contributed by atoms with Crippen LogP contribution in [0.5, 0.6) is 0 Å². The summed E-state index contributed by atoms with van der Waals surface area (Å²) in [6.45, 7) is 7.27. The van der Waals surface area contributed by atoms with Gasteiger partial charge >= 0.3 is 0 Å². The number of carbonyl (C=O) groups excluding carboxylic acids is 2. The van der Waals surface area contributed by atoms with Crippen molar-refractivity contribution in [2.45, 2.75) is 38.6 Å². The molecule has 1 unspecified atom stereocenters. The predicted octanol–water partition coefficient (Wildman–Crippen LogP) is 1.97. The summed E-state index contributed by atoms with van der Waals surface area (Å²) < 4.78 is 0. The average Bonchev–Trinajstić information content (AvgIpc) is 2.97. The van der Waals surface area contributed by atoms with E-state index in [9.17, 15) is 9.59 Å². The molecule has 0 radical (unpaired) electrons. The van der Waals surface area contributed by atoms with Gasteiger partial charge in [-0.25, -0.2) is 0 Å². The third-order valence-electron chi connectivity index (χ3n) is 5.67. The van der Waals surface area contributed by atoms with E-state index in [-0.39, 0.29) is 17.9 Å². The van der Waals surface area contributed by atoms with Crippen LogP contribution in [0, 0.1) is 11.3 Å². The third-order valence-corrected chi connectivity index (χ3v) is 6.50. The zero-order chi connectivity index (χ0) is 19.9. The van der Waals surface area contributed by atoms with Crippen LogP contribution in [0.1, 0.15) is 38.2 Å². The van der Waals surface area contributed by atoms with Gasteiger partial charge in [-0.05, 0) is 31.2 Å². The molecule has 0 spiro atoms. The number of thiophene rings is 1. The lowest BCUT2D eigenvalue weighted by atomic mass is 10.2. The number of hydrogen-bond acceptors (Lipinski definition) is 6. The smallest absolute Gasteiger partial charge is 0.242 e. The molecule has 0 aromatic carbocycles. The lowest BCUT2D eigenvalue weighted by molar-refractivity contribution is -0.133. The summed E-state index contributed by atoms with van der Waals surface area (Å²) in [7, 11) is 0. The maximum absolute atomic E-state index is 12.6. The van der Waals surface area contributed by atoms with Gasteiger partial charge in [-0.1, -0.05) is 12.8 Å². The first-order chi connectivity index (χ1) is 13.6. The van der Waals surface area contributed by atoms with Gasteiger partial charge in [-0.2, -0.15) is 5.26 Å². The largest absolute Gasteiger partial charge is 0.342 e. The van der Waals surface area contributed by atoms with Crippen LogP contribution in [0.4, 0.5) is 5.00 Å². The molecule has 0 bridgehead atoms. The summed E-state index contributed by atoms with van der Waals surface area (Å²) in [6.07, 6.45) is 4.68. The van der Waals surface area contributed by atoms with Crippen molar-refractivity contribution in [3.05, 3.63) is 17.0 Å². The van der Waals surface area contributed by atoms with E-state index >= 15 is 0 Å². The first-order valence-corrected chi connectivity index (χ1v) is 11.0. The Labute approximate surface area is 170 Å². The van der Waals surface area contributed by atoms with E-state index in [4.69, 9.17) is 5.26 Å². The van der Waals surface area contributed by atoms with Crippen molar-refractivity contribution in [1.82, 2.24) is 14.7 Å². The molecule has 2 saturated heterocycles. The highest BCUT2D eigenvalue weighted by atomic mass is 32.1. The first kappa shape index (κ1) is 20.8. The second kappa shape index (κ2) is 10.0. The fourth-order valence-corrected chi connectivity index (χ4v) is 4.54. The average molecular weight is 404 g/mol. The van der Waals surface area contributed by atoms with Crippen molar-refractivity contribution in [1.29, 1.82) is 5.26 Å². The Morgan fingerprint density at radius 3 is 2.46 bits per heavy atom. The van der Waals surface area contributed by atoms with Crippen LogP contribution in [0.2, 0.25) is 0 Å². The third kappa shape index (κ3) is 5.31. The summed E-state index contributed by atoms with van der Waals surface area (Å²) in [6, 6.07) is 3.54. The molecule has 2 amide bonds. The molecule has 1 aromatic heterocycles. The minimum atomic E-state index is -0.267. The molecule has 3 rings (SSSR count). The zero-order valence-corrected chi connectivity index (χ0v) is 17.3.